The fraction of sp³-hybridized carbons (Fsp3) is 0.308. The summed E-state index contributed by atoms with van der Waals surface area (Å²) in [5.74, 6) is -0.571. The molecule has 106 valence electrons. The summed E-state index contributed by atoms with van der Waals surface area (Å²) in [5, 5.41) is 12.5. The second-order valence-corrected chi connectivity index (χ2v) is 4.55. The smallest absolute Gasteiger partial charge is 0.320 e. The van der Waals surface area contributed by atoms with Gasteiger partial charge < -0.3 is 20.1 Å². The van der Waals surface area contributed by atoms with E-state index in [0.29, 0.717) is 16.7 Å². The van der Waals surface area contributed by atoms with Crippen LogP contribution in [0.15, 0.2) is 23.5 Å². The zero-order valence-electron chi connectivity index (χ0n) is 11.2. The van der Waals surface area contributed by atoms with Gasteiger partial charge >= 0.3 is 5.97 Å². The fourth-order valence-corrected chi connectivity index (χ4v) is 2.23. The molecule has 1 aromatic heterocycles. The Kier molecular flexibility index (Phi) is 3.71. The topological polar surface area (TPSA) is 107 Å². The molecule has 2 rings (SSSR count). The molecule has 0 aliphatic heterocycles. The number of aromatic nitrogens is 1. The molecule has 0 spiro atoms. The first-order valence-corrected chi connectivity index (χ1v) is 5.95. The van der Waals surface area contributed by atoms with Crippen LogP contribution in [0, 0.1) is 4.91 Å². The van der Waals surface area contributed by atoms with Gasteiger partial charge in [-0.25, -0.2) is 0 Å². The van der Waals surface area contributed by atoms with E-state index in [1.807, 2.05) is 0 Å². The Morgan fingerprint density at radius 2 is 2.25 bits per heavy atom. The van der Waals surface area contributed by atoms with Gasteiger partial charge in [0.05, 0.1) is 12.6 Å². The molecule has 0 aliphatic rings. The highest BCUT2D eigenvalue weighted by Crippen LogP contribution is 2.35. The summed E-state index contributed by atoms with van der Waals surface area (Å²) in [4.78, 5) is 21.9. The third-order valence-electron chi connectivity index (χ3n) is 3.21. The lowest BCUT2D eigenvalue weighted by molar-refractivity contribution is -0.138. The highest BCUT2D eigenvalue weighted by atomic mass is 16.5. The van der Waals surface area contributed by atoms with Gasteiger partial charge in [0.25, 0.3) is 0 Å². The largest absolute Gasteiger partial charge is 0.497 e. The molecule has 3 N–H and O–H groups in total. The lowest BCUT2D eigenvalue weighted by Gasteiger charge is -2.06. The number of aryl methyl sites for hydroxylation is 1. The molecule has 0 fully saturated rings. The van der Waals surface area contributed by atoms with Gasteiger partial charge in [0.1, 0.15) is 17.5 Å². The van der Waals surface area contributed by atoms with Crippen LogP contribution in [-0.2, 0) is 18.3 Å². The van der Waals surface area contributed by atoms with Crippen molar-refractivity contribution in [2.45, 2.75) is 12.5 Å². The number of carbonyl (C=O) groups is 1. The zero-order valence-corrected chi connectivity index (χ0v) is 11.2. The van der Waals surface area contributed by atoms with Crippen molar-refractivity contribution in [3.05, 3.63) is 28.8 Å². The summed E-state index contributed by atoms with van der Waals surface area (Å²) < 4.78 is 6.91. The van der Waals surface area contributed by atoms with Gasteiger partial charge in [0.15, 0.2) is 0 Å². The Balaban J connectivity index is 2.62. The van der Waals surface area contributed by atoms with E-state index in [1.165, 1.54) is 13.2 Å². The molecule has 7 nitrogen and oxygen atoms in total. The number of ether oxygens (including phenoxy) is 1. The molecule has 1 aromatic carbocycles. The van der Waals surface area contributed by atoms with Crippen LogP contribution in [-0.4, -0.2) is 28.8 Å². The quantitative estimate of drug-likeness (QED) is 0.806. The lowest BCUT2D eigenvalue weighted by atomic mass is 10.0. The number of carboxylic acids is 1. The predicted octanol–water partition coefficient (Wildman–Crippen LogP) is 1.54. The minimum Gasteiger partial charge on any atom is -0.497 e. The maximum absolute atomic E-state index is 11.0. The van der Waals surface area contributed by atoms with Gasteiger partial charge in [-0.15, -0.1) is 4.91 Å². The highest BCUT2D eigenvalue weighted by molar-refractivity contribution is 5.95. The van der Waals surface area contributed by atoms with Gasteiger partial charge in [-0.3, -0.25) is 4.79 Å². The van der Waals surface area contributed by atoms with Crippen molar-refractivity contribution in [2.75, 3.05) is 7.11 Å². The molecule has 2 aromatic rings. The zero-order chi connectivity index (χ0) is 14.9. The van der Waals surface area contributed by atoms with Crippen LogP contribution >= 0.6 is 0 Å². The van der Waals surface area contributed by atoms with E-state index in [9.17, 15) is 9.70 Å². The van der Waals surface area contributed by atoms with Crippen molar-refractivity contribution in [3.8, 4) is 5.75 Å². The summed E-state index contributed by atoms with van der Waals surface area (Å²) >= 11 is 0. The Bertz CT molecular complexity index is 678. The molecule has 0 bridgehead atoms. The van der Waals surface area contributed by atoms with E-state index in [2.05, 4.69) is 5.18 Å². The monoisotopic (exact) mass is 277 g/mol. The van der Waals surface area contributed by atoms with Crippen molar-refractivity contribution in [1.29, 1.82) is 0 Å². The Labute approximate surface area is 114 Å². The number of carboxylic acid groups (broad SMARTS) is 1. The SMILES string of the molecule is COc1cc(N=O)c2c(CC(N)C(=O)O)cn(C)c2c1. The van der Waals surface area contributed by atoms with Crippen LogP contribution in [0.5, 0.6) is 5.75 Å². The van der Waals surface area contributed by atoms with Crippen molar-refractivity contribution >= 4 is 22.6 Å². The molecule has 0 saturated heterocycles. The highest BCUT2D eigenvalue weighted by Gasteiger charge is 2.19. The molecule has 0 radical (unpaired) electrons. The van der Waals surface area contributed by atoms with Gasteiger partial charge in [0, 0.05) is 37.2 Å². The third-order valence-corrected chi connectivity index (χ3v) is 3.21. The molecule has 7 heteroatoms. The Morgan fingerprint density at radius 3 is 2.80 bits per heavy atom. The number of nitrogens with two attached hydrogens (primary N) is 1. The standard InChI is InChI=1S/C13H15N3O4/c1-16-6-7(3-9(14)13(17)18)12-10(15-19)4-8(20-2)5-11(12)16/h4-6,9H,3,14H2,1-2H3,(H,17,18). The second kappa shape index (κ2) is 5.30. The summed E-state index contributed by atoms with van der Waals surface area (Å²) in [6.07, 6.45) is 1.88. The molecule has 0 aliphatic carbocycles. The number of hydrogen-bond acceptors (Lipinski definition) is 5. The average Bonchev–Trinajstić information content (AvgIpc) is 2.74. The maximum Gasteiger partial charge on any atom is 0.320 e. The Morgan fingerprint density at radius 1 is 1.55 bits per heavy atom. The number of nitroso groups, excluding NO2 is 1. The van der Waals surface area contributed by atoms with E-state index in [-0.39, 0.29) is 12.1 Å². The maximum atomic E-state index is 11.0. The van der Waals surface area contributed by atoms with Crippen LogP contribution in [0.4, 0.5) is 5.69 Å². The summed E-state index contributed by atoms with van der Waals surface area (Å²) in [5.41, 5.74) is 7.19. The van der Waals surface area contributed by atoms with Gasteiger partial charge in [-0.2, -0.15) is 0 Å². The van der Waals surface area contributed by atoms with Crippen molar-refractivity contribution in [2.24, 2.45) is 18.0 Å². The average molecular weight is 277 g/mol. The van der Waals surface area contributed by atoms with Gasteiger partial charge in [-0.1, -0.05) is 0 Å². The molecule has 1 unspecified atom stereocenters. The first kappa shape index (κ1) is 14.0. The number of rotatable bonds is 5. The molecule has 1 atom stereocenters. The van der Waals surface area contributed by atoms with Gasteiger partial charge in [0.2, 0.25) is 0 Å². The third kappa shape index (κ3) is 2.35. The summed E-state index contributed by atoms with van der Waals surface area (Å²) in [6.45, 7) is 0. The summed E-state index contributed by atoms with van der Waals surface area (Å²) in [7, 11) is 3.30. The molecule has 0 saturated carbocycles. The number of nitrogens with zero attached hydrogens (tertiary/aromatic N) is 2. The minimum atomic E-state index is -1.09. The summed E-state index contributed by atoms with van der Waals surface area (Å²) in [6, 6.07) is 2.26. The van der Waals surface area contributed by atoms with E-state index >= 15 is 0 Å². The fourth-order valence-electron chi connectivity index (χ4n) is 2.23. The second-order valence-electron chi connectivity index (χ2n) is 4.55. The van der Waals surface area contributed by atoms with E-state index in [0.717, 1.165) is 5.52 Å². The van der Waals surface area contributed by atoms with Crippen molar-refractivity contribution in [1.82, 2.24) is 4.57 Å². The first-order valence-electron chi connectivity index (χ1n) is 5.95. The van der Waals surface area contributed by atoms with Crippen LogP contribution < -0.4 is 10.5 Å². The molecule has 20 heavy (non-hydrogen) atoms. The number of benzene rings is 1. The molecular weight excluding hydrogens is 262 g/mol. The van der Waals surface area contributed by atoms with Crippen molar-refractivity contribution < 1.29 is 14.6 Å². The first-order chi connectivity index (χ1) is 9.47. The van der Waals surface area contributed by atoms with E-state index in [4.69, 9.17) is 15.6 Å². The minimum absolute atomic E-state index is 0.127. The van der Waals surface area contributed by atoms with Crippen LogP contribution in [0.3, 0.4) is 0 Å². The van der Waals surface area contributed by atoms with Crippen LogP contribution in [0.25, 0.3) is 10.9 Å². The van der Waals surface area contributed by atoms with Crippen LogP contribution in [0.2, 0.25) is 0 Å². The van der Waals surface area contributed by atoms with E-state index in [1.54, 1.807) is 23.9 Å². The number of methoxy groups -OCH3 is 1. The lowest BCUT2D eigenvalue weighted by Crippen LogP contribution is -2.32. The normalized spacial score (nSPS) is 12.3. The number of aliphatic carboxylic acids is 1. The van der Waals surface area contributed by atoms with Crippen molar-refractivity contribution in [3.63, 3.8) is 0 Å². The number of hydrogen-bond donors (Lipinski definition) is 2. The number of fused-ring (bicyclic) bond motifs is 1. The van der Waals surface area contributed by atoms with E-state index < -0.39 is 12.0 Å². The van der Waals surface area contributed by atoms with Gasteiger partial charge in [-0.05, 0) is 10.7 Å². The molecule has 0 amide bonds. The van der Waals surface area contributed by atoms with Crippen LogP contribution in [0.1, 0.15) is 5.56 Å². The Hall–Kier alpha value is -2.41. The predicted molar refractivity (Wildman–Crippen MR) is 74.2 cm³/mol. The molecule has 1 heterocycles. The molecular formula is C13H15N3O4.